The second kappa shape index (κ2) is 7.00. The van der Waals surface area contributed by atoms with E-state index >= 15 is 0 Å². The van der Waals surface area contributed by atoms with Gasteiger partial charge in [-0.05, 0) is 67.8 Å². The van der Waals surface area contributed by atoms with Crippen molar-refractivity contribution in [2.75, 3.05) is 20.0 Å². The third-order valence-corrected chi connectivity index (χ3v) is 4.32. The van der Waals surface area contributed by atoms with Gasteiger partial charge in [-0.25, -0.2) is 0 Å². The highest BCUT2D eigenvalue weighted by atomic mass is 79.9. The van der Waals surface area contributed by atoms with Gasteiger partial charge in [0.15, 0.2) is 0 Å². The molecule has 0 saturated carbocycles. The Labute approximate surface area is 141 Å². The van der Waals surface area contributed by atoms with Crippen LogP contribution in [0.5, 0.6) is 11.5 Å². The van der Waals surface area contributed by atoms with Gasteiger partial charge in [0.1, 0.15) is 11.5 Å². The Morgan fingerprint density at radius 3 is 1.95 bits per heavy atom. The standard InChI is InChI=1S/C16H15Br2NO2/c1-20-14-4-3-5-15(21-2)11(14)7-6-10-8-12(17)16(19)13(18)9-10/h3-9H,19H2,1-2H3/b7-6+. The minimum Gasteiger partial charge on any atom is -0.496 e. The van der Waals surface area contributed by atoms with Crippen LogP contribution in [-0.2, 0) is 0 Å². The number of anilines is 1. The summed E-state index contributed by atoms with van der Waals surface area (Å²) in [5.74, 6) is 1.53. The molecule has 0 amide bonds. The Morgan fingerprint density at radius 1 is 0.952 bits per heavy atom. The first-order chi connectivity index (χ1) is 10.1. The second-order valence-electron chi connectivity index (χ2n) is 4.31. The second-order valence-corrected chi connectivity index (χ2v) is 6.02. The summed E-state index contributed by atoms with van der Waals surface area (Å²) in [7, 11) is 3.28. The first kappa shape index (κ1) is 15.9. The van der Waals surface area contributed by atoms with Gasteiger partial charge in [-0.15, -0.1) is 0 Å². The predicted octanol–water partition coefficient (Wildman–Crippen LogP) is 4.98. The van der Waals surface area contributed by atoms with Gasteiger partial charge in [0.25, 0.3) is 0 Å². The monoisotopic (exact) mass is 411 g/mol. The lowest BCUT2D eigenvalue weighted by molar-refractivity contribution is 0.392. The van der Waals surface area contributed by atoms with Gasteiger partial charge in [0, 0.05) is 8.95 Å². The molecule has 0 atom stereocenters. The quantitative estimate of drug-likeness (QED) is 0.568. The van der Waals surface area contributed by atoms with Crippen molar-refractivity contribution in [2.24, 2.45) is 0 Å². The molecule has 0 bridgehead atoms. The molecule has 3 nitrogen and oxygen atoms in total. The van der Waals surface area contributed by atoms with E-state index in [9.17, 15) is 0 Å². The van der Waals surface area contributed by atoms with Crippen LogP contribution in [0.4, 0.5) is 5.69 Å². The summed E-state index contributed by atoms with van der Waals surface area (Å²) in [6, 6.07) is 9.61. The fourth-order valence-electron chi connectivity index (χ4n) is 1.92. The van der Waals surface area contributed by atoms with Crippen LogP contribution in [0.25, 0.3) is 12.2 Å². The van der Waals surface area contributed by atoms with Gasteiger partial charge < -0.3 is 15.2 Å². The number of nitrogens with two attached hydrogens (primary N) is 1. The van der Waals surface area contributed by atoms with Crippen molar-refractivity contribution in [1.82, 2.24) is 0 Å². The molecule has 0 aromatic heterocycles. The van der Waals surface area contributed by atoms with E-state index in [0.717, 1.165) is 31.6 Å². The van der Waals surface area contributed by atoms with Gasteiger partial charge in [-0.2, -0.15) is 0 Å². The summed E-state index contributed by atoms with van der Waals surface area (Å²) >= 11 is 6.88. The molecule has 0 aliphatic heterocycles. The molecule has 0 aliphatic carbocycles. The van der Waals surface area contributed by atoms with Crippen LogP contribution in [0.3, 0.4) is 0 Å². The van der Waals surface area contributed by atoms with Gasteiger partial charge in [-0.1, -0.05) is 12.1 Å². The summed E-state index contributed by atoms with van der Waals surface area (Å²) in [5, 5.41) is 0. The molecule has 2 aromatic rings. The molecule has 0 heterocycles. The molecule has 2 N–H and O–H groups in total. The molecule has 5 heteroatoms. The first-order valence-corrected chi connectivity index (χ1v) is 7.79. The molecule has 2 aromatic carbocycles. The summed E-state index contributed by atoms with van der Waals surface area (Å²) in [6.07, 6.45) is 3.94. The highest BCUT2D eigenvalue weighted by molar-refractivity contribution is 9.11. The molecule has 0 unspecified atom stereocenters. The van der Waals surface area contributed by atoms with E-state index in [0.29, 0.717) is 5.69 Å². The van der Waals surface area contributed by atoms with Crippen LogP contribution in [-0.4, -0.2) is 14.2 Å². The minimum absolute atomic E-state index is 0.682. The Morgan fingerprint density at radius 2 is 1.48 bits per heavy atom. The highest BCUT2D eigenvalue weighted by Gasteiger charge is 2.07. The molecular formula is C16H15Br2NO2. The van der Waals surface area contributed by atoms with Crippen LogP contribution in [0.2, 0.25) is 0 Å². The van der Waals surface area contributed by atoms with Crippen molar-refractivity contribution in [2.45, 2.75) is 0 Å². The smallest absolute Gasteiger partial charge is 0.129 e. The fourth-order valence-corrected chi connectivity index (χ4v) is 3.15. The third-order valence-electron chi connectivity index (χ3n) is 3.01. The van der Waals surface area contributed by atoms with Crippen molar-refractivity contribution in [3.8, 4) is 11.5 Å². The summed E-state index contributed by atoms with van der Waals surface area (Å²) in [6.45, 7) is 0. The Hall–Kier alpha value is -1.46. The lowest BCUT2D eigenvalue weighted by atomic mass is 10.1. The van der Waals surface area contributed by atoms with Crippen LogP contribution >= 0.6 is 31.9 Å². The lowest BCUT2D eigenvalue weighted by Gasteiger charge is -2.09. The maximum atomic E-state index is 5.89. The van der Waals surface area contributed by atoms with Crippen molar-refractivity contribution in [1.29, 1.82) is 0 Å². The van der Waals surface area contributed by atoms with E-state index < -0.39 is 0 Å². The van der Waals surface area contributed by atoms with Gasteiger partial charge >= 0.3 is 0 Å². The third kappa shape index (κ3) is 3.60. The number of methoxy groups -OCH3 is 2. The van der Waals surface area contributed by atoms with Crippen molar-refractivity contribution < 1.29 is 9.47 Å². The zero-order chi connectivity index (χ0) is 15.4. The fraction of sp³-hybridized carbons (Fsp3) is 0.125. The number of halogens is 2. The molecule has 0 saturated heterocycles. The van der Waals surface area contributed by atoms with Crippen LogP contribution in [0.15, 0.2) is 39.3 Å². The molecule has 2 rings (SSSR count). The molecule has 0 radical (unpaired) electrons. The number of ether oxygens (including phenoxy) is 2. The Bertz CT molecular complexity index is 639. The SMILES string of the molecule is COc1cccc(OC)c1/C=C/c1cc(Br)c(N)c(Br)c1. The van der Waals surface area contributed by atoms with Crippen LogP contribution in [0.1, 0.15) is 11.1 Å². The number of hydrogen-bond donors (Lipinski definition) is 1. The largest absolute Gasteiger partial charge is 0.496 e. The molecule has 110 valence electrons. The topological polar surface area (TPSA) is 44.5 Å². The summed E-state index contributed by atoms with van der Waals surface area (Å²) < 4.78 is 12.4. The number of rotatable bonds is 4. The predicted molar refractivity (Wildman–Crippen MR) is 94.7 cm³/mol. The number of nitrogen functional groups attached to an aromatic ring is 1. The number of hydrogen-bond acceptors (Lipinski definition) is 3. The minimum atomic E-state index is 0.682. The Kier molecular flexibility index (Phi) is 5.31. The molecule has 21 heavy (non-hydrogen) atoms. The maximum Gasteiger partial charge on any atom is 0.129 e. The van der Waals surface area contributed by atoms with Crippen molar-refractivity contribution in [3.05, 3.63) is 50.4 Å². The number of benzene rings is 2. The zero-order valence-corrected chi connectivity index (χ0v) is 14.9. The summed E-state index contributed by atoms with van der Waals surface area (Å²) in [5.41, 5.74) is 8.48. The zero-order valence-electron chi connectivity index (χ0n) is 11.7. The van der Waals surface area contributed by atoms with Gasteiger partial charge in [0.05, 0.1) is 25.5 Å². The van der Waals surface area contributed by atoms with Crippen LogP contribution < -0.4 is 15.2 Å². The highest BCUT2D eigenvalue weighted by Crippen LogP contribution is 2.32. The average molecular weight is 413 g/mol. The molecule has 0 aliphatic rings. The van der Waals surface area contributed by atoms with E-state index in [-0.39, 0.29) is 0 Å². The van der Waals surface area contributed by atoms with E-state index in [4.69, 9.17) is 15.2 Å². The van der Waals surface area contributed by atoms with E-state index in [1.54, 1.807) is 14.2 Å². The first-order valence-electron chi connectivity index (χ1n) is 6.20. The van der Waals surface area contributed by atoms with Gasteiger partial charge in [-0.3, -0.25) is 0 Å². The van der Waals surface area contributed by atoms with E-state index in [1.807, 2.05) is 42.5 Å². The molecule has 0 fully saturated rings. The van der Waals surface area contributed by atoms with E-state index in [1.165, 1.54) is 0 Å². The summed E-state index contributed by atoms with van der Waals surface area (Å²) in [4.78, 5) is 0. The normalized spacial score (nSPS) is 10.9. The average Bonchev–Trinajstić information content (AvgIpc) is 2.49. The van der Waals surface area contributed by atoms with E-state index in [2.05, 4.69) is 31.9 Å². The van der Waals surface area contributed by atoms with Crippen molar-refractivity contribution >= 4 is 49.7 Å². The lowest BCUT2D eigenvalue weighted by Crippen LogP contribution is -1.92. The van der Waals surface area contributed by atoms with Crippen LogP contribution in [0, 0.1) is 0 Å². The molecule has 0 spiro atoms. The maximum absolute atomic E-state index is 5.89. The Balaban J connectivity index is 2.42. The van der Waals surface area contributed by atoms with Gasteiger partial charge in [0.2, 0.25) is 0 Å². The van der Waals surface area contributed by atoms with Crippen molar-refractivity contribution in [3.63, 3.8) is 0 Å². The molecular weight excluding hydrogens is 398 g/mol.